The highest BCUT2D eigenvalue weighted by Gasteiger charge is 2.10. The molecule has 1 aromatic heterocycles. The third-order valence-electron chi connectivity index (χ3n) is 3.09. The van der Waals surface area contributed by atoms with Crippen molar-refractivity contribution in [2.45, 2.75) is 13.0 Å². The first-order chi connectivity index (χ1) is 10.3. The maximum absolute atomic E-state index is 12.3. The molecule has 0 atom stereocenters. The zero-order chi connectivity index (χ0) is 14.9. The molecular formula is C17H20N2O2. The Labute approximate surface area is 124 Å². The van der Waals surface area contributed by atoms with Gasteiger partial charge in [-0.15, -0.1) is 0 Å². The molecule has 0 fully saturated rings. The molecule has 2 aromatic rings. The van der Waals surface area contributed by atoms with Gasteiger partial charge in [0.1, 0.15) is 5.76 Å². The van der Waals surface area contributed by atoms with Crippen molar-refractivity contribution in [1.82, 2.24) is 4.90 Å². The van der Waals surface area contributed by atoms with Crippen LogP contribution in [0.25, 0.3) is 6.08 Å². The van der Waals surface area contributed by atoms with Gasteiger partial charge in [0.05, 0.1) is 6.26 Å². The van der Waals surface area contributed by atoms with E-state index in [-0.39, 0.29) is 5.91 Å². The molecule has 0 spiro atoms. The summed E-state index contributed by atoms with van der Waals surface area (Å²) in [5.74, 6) is 0.630. The smallest absolute Gasteiger partial charge is 0.246 e. The minimum absolute atomic E-state index is 0.0382. The van der Waals surface area contributed by atoms with Crippen molar-refractivity contribution < 1.29 is 9.21 Å². The molecule has 0 aliphatic rings. The topological polar surface area (TPSA) is 59.5 Å². The van der Waals surface area contributed by atoms with Crippen LogP contribution in [0.4, 0.5) is 0 Å². The molecule has 4 nitrogen and oxygen atoms in total. The average molecular weight is 284 g/mol. The molecule has 0 aliphatic heterocycles. The number of furan rings is 1. The maximum Gasteiger partial charge on any atom is 0.246 e. The monoisotopic (exact) mass is 284 g/mol. The number of nitrogens with two attached hydrogens (primary N) is 1. The van der Waals surface area contributed by atoms with E-state index in [9.17, 15) is 4.79 Å². The summed E-state index contributed by atoms with van der Waals surface area (Å²) < 4.78 is 5.19. The van der Waals surface area contributed by atoms with Crippen molar-refractivity contribution >= 4 is 12.0 Å². The first kappa shape index (κ1) is 15.1. The molecule has 1 aromatic carbocycles. The lowest BCUT2D eigenvalue weighted by atomic mass is 10.2. The molecule has 1 heterocycles. The molecule has 21 heavy (non-hydrogen) atoms. The van der Waals surface area contributed by atoms with Crippen molar-refractivity contribution in [3.05, 3.63) is 66.1 Å². The van der Waals surface area contributed by atoms with Crippen LogP contribution < -0.4 is 5.73 Å². The maximum atomic E-state index is 12.3. The molecular weight excluding hydrogens is 264 g/mol. The number of rotatable bonds is 7. The summed E-state index contributed by atoms with van der Waals surface area (Å²) in [6.45, 7) is 1.80. The Kier molecular flexibility index (Phi) is 5.79. The van der Waals surface area contributed by atoms with E-state index in [2.05, 4.69) is 0 Å². The van der Waals surface area contributed by atoms with Gasteiger partial charge in [0.2, 0.25) is 5.91 Å². The largest absolute Gasteiger partial charge is 0.465 e. The van der Waals surface area contributed by atoms with Crippen LogP contribution in [0.2, 0.25) is 0 Å². The van der Waals surface area contributed by atoms with Crippen molar-refractivity contribution in [2.75, 3.05) is 13.1 Å². The van der Waals surface area contributed by atoms with Gasteiger partial charge in [0, 0.05) is 19.2 Å². The molecule has 2 N–H and O–H groups in total. The van der Waals surface area contributed by atoms with Crippen LogP contribution in [0.15, 0.2) is 59.2 Å². The van der Waals surface area contributed by atoms with Crippen molar-refractivity contribution in [3.63, 3.8) is 0 Å². The van der Waals surface area contributed by atoms with E-state index in [1.54, 1.807) is 23.3 Å². The lowest BCUT2D eigenvalue weighted by Gasteiger charge is -2.21. The Hall–Kier alpha value is -2.33. The summed E-state index contributed by atoms with van der Waals surface area (Å²) >= 11 is 0. The highest BCUT2D eigenvalue weighted by atomic mass is 16.3. The number of hydrogen-bond donors (Lipinski definition) is 1. The van der Waals surface area contributed by atoms with E-state index in [0.717, 1.165) is 12.0 Å². The van der Waals surface area contributed by atoms with E-state index < -0.39 is 0 Å². The molecule has 0 radical (unpaired) electrons. The summed E-state index contributed by atoms with van der Waals surface area (Å²) in [6, 6.07) is 13.5. The number of hydrogen-bond acceptors (Lipinski definition) is 3. The fourth-order valence-electron chi connectivity index (χ4n) is 2.00. The second-order valence-corrected chi connectivity index (χ2v) is 4.74. The van der Waals surface area contributed by atoms with Gasteiger partial charge in [-0.2, -0.15) is 0 Å². The average Bonchev–Trinajstić information content (AvgIpc) is 3.03. The van der Waals surface area contributed by atoms with Gasteiger partial charge in [-0.1, -0.05) is 30.3 Å². The Morgan fingerprint density at radius 3 is 2.67 bits per heavy atom. The SMILES string of the molecule is NCCCN(Cc1ccccc1)C(=O)/C=C/c1ccco1. The minimum atomic E-state index is -0.0382. The quantitative estimate of drug-likeness (QED) is 0.795. The standard InChI is InChI=1S/C17H20N2O2/c18-11-5-12-19(14-15-6-2-1-3-7-15)17(20)10-9-16-8-4-13-21-16/h1-4,6-10,13H,5,11-12,14,18H2/b10-9+. The Bertz CT molecular complexity index is 562. The second-order valence-electron chi connectivity index (χ2n) is 4.74. The number of nitrogens with zero attached hydrogens (tertiary/aromatic N) is 1. The third kappa shape index (κ3) is 4.93. The highest BCUT2D eigenvalue weighted by Crippen LogP contribution is 2.08. The van der Waals surface area contributed by atoms with Gasteiger partial charge in [0.15, 0.2) is 0 Å². The number of carbonyl (C=O) groups excluding carboxylic acids is 1. The van der Waals surface area contributed by atoms with Crippen LogP contribution in [0, 0.1) is 0 Å². The summed E-state index contributed by atoms with van der Waals surface area (Å²) in [5, 5.41) is 0. The fraction of sp³-hybridized carbons (Fsp3) is 0.235. The molecule has 1 amide bonds. The lowest BCUT2D eigenvalue weighted by Crippen LogP contribution is -2.31. The van der Waals surface area contributed by atoms with Gasteiger partial charge in [-0.05, 0) is 36.7 Å². The van der Waals surface area contributed by atoms with Crippen LogP contribution in [-0.2, 0) is 11.3 Å². The molecule has 0 bridgehead atoms. The molecule has 0 saturated carbocycles. The number of amides is 1. The van der Waals surface area contributed by atoms with E-state index >= 15 is 0 Å². The van der Waals surface area contributed by atoms with Gasteiger partial charge in [0.25, 0.3) is 0 Å². The van der Waals surface area contributed by atoms with E-state index in [4.69, 9.17) is 10.2 Å². The molecule has 0 unspecified atom stereocenters. The minimum Gasteiger partial charge on any atom is -0.465 e. The second kappa shape index (κ2) is 8.07. The first-order valence-corrected chi connectivity index (χ1v) is 7.04. The lowest BCUT2D eigenvalue weighted by molar-refractivity contribution is -0.126. The van der Waals surface area contributed by atoms with Crippen LogP contribution in [0.5, 0.6) is 0 Å². The number of benzene rings is 1. The van der Waals surface area contributed by atoms with Gasteiger partial charge in [-0.3, -0.25) is 4.79 Å². The summed E-state index contributed by atoms with van der Waals surface area (Å²) in [4.78, 5) is 14.1. The molecule has 110 valence electrons. The highest BCUT2D eigenvalue weighted by molar-refractivity contribution is 5.91. The predicted octanol–water partition coefficient (Wildman–Crippen LogP) is 2.67. The van der Waals surface area contributed by atoms with Gasteiger partial charge in [-0.25, -0.2) is 0 Å². The Balaban J connectivity index is 2.02. The zero-order valence-electron chi connectivity index (χ0n) is 11.9. The third-order valence-corrected chi connectivity index (χ3v) is 3.09. The van der Waals surface area contributed by atoms with E-state index in [0.29, 0.717) is 25.4 Å². The summed E-state index contributed by atoms with van der Waals surface area (Å²) in [7, 11) is 0. The molecule has 2 rings (SSSR count). The summed E-state index contributed by atoms with van der Waals surface area (Å²) in [5.41, 5.74) is 6.66. The van der Waals surface area contributed by atoms with Crippen molar-refractivity contribution in [3.8, 4) is 0 Å². The summed E-state index contributed by atoms with van der Waals surface area (Å²) in [6.07, 6.45) is 5.59. The van der Waals surface area contributed by atoms with Gasteiger partial charge >= 0.3 is 0 Å². The molecule has 0 saturated heterocycles. The normalized spacial score (nSPS) is 10.9. The molecule has 0 aliphatic carbocycles. The fourth-order valence-corrected chi connectivity index (χ4v) is 2.00. The molecule has 4 heteroatoms. The predicted molar refractivity (Wildman–Crippen MR) is 83.3 cm³/mol. The van der Waals surface area contributed by atoms with Crippen molar-refractivity contribution in [2.24, 2.45) is 5.73 Å². The Morgan fingerprint density at radius 2 is 2.00 bits per heavy atom. The van der Waals surface area contributed by atoms with Gasteiger partial charge < -0.3 is 15.1 Å². The Morgan fingerprint density at radius 1 is 1.19 bits per heavy atom. The first-order valence-electron chi connectivity index (χ1n) is 7.04. The van der Waals surface area contributed by atoms with Crippen LogP contribution in [-0.4, -0.2) is 23.9 Å². The van der Waals surface area contributed by atoms with Crippen LogP contribution in [0.1, 0.15) is 17.7 Å². The van der Waals surface area contributed by atoms with E-state index in [1.807, 2.05) is 36.4 Å². The number of carbonyl (C=O) groups is 1. The van der Waals surface area contributed by atoms with E-state index in [1.165, 1.54) is 6.08 Å². The van der Waals surface area contributed by atoms with Crippen LogP contribution >= 0.6 is 0 Å². The van der Waals surface area contributed by atoms with Crippen molar-refractivity contribution in [1.29, 1.82) is 0 Å². The van der Waals surface area contributed by atoms with Crippen LogP contribution in [0.3, 0.4) is 0 Å². The zero-order valence-corrected chi connectivity index (χ0v) is 11.9.